The summed E-state index contributed by atoms with van der Waals surface area (Å²) in [5, 5.41) is 20.4. The van der Waals surface area contributed by atoms with E-state index in [0.29, 0.717) is 0 Å². The zero-order valence-electron chi connectivity index (χ0n) is 8.93. The predicted octanol–water partition coefficient (Wildman–Crippen LogP) is 3.32. The fraction of sp³-hybridized carbons (Fsp3) is 0.0833. The number of thiophene rings is 1. The molecule has 2 N–H and O–H groups in total. The van der Waals surface area contributed by atoms with Gasteiger partial charge in [-0.25, -0.2) is 9.18 Å². The topological polar surface area (TPSA) is 57.5 Å². The summed E-state index contributed by atoms with van der Waals surface area (Å²) in [6.07, 6.45) is -1.34. The van der Waals surface area contributed by atoms with Gasteiger partial charge in [0.2, 0.25) is 0 Å². The van der Waals surface area contributed by atoms with Gasteiger partial charge in [0, 0.05) is 5.56 Å². The van der Waals surface area contributed by atoms with Gasteiger partial charge >= 0.3 is 5.97 Å². The molecule has 6 heteroatoms. The van der Waals surface area contributed by atoms with Crippen molar-refractivity contribution in [2.75, 3.05) is 0 Å². The maximum absolute atomic E-state index is 13.7. The van der Waals surface area contributed by atoms with Crippen LogP contribution in [0, 0.1) is 5.82 Å². The largest absolute Gasteiger partial charge is 0.478 e. The molecule has 0 saturated heterocycles. The minimum absolute atomic E-state index is 0.0348. The molecule has 0 bridgehead atoms. The van der Waals surface area contributed by atoms with Crippen LogP contribution in [0.3, 0.4) is 0 Å². The molecule has 2 aromatic rings. The molecule has 1 heterocycles. The highest BCUT2D eigenvalue weighted by Gasteiger charge is 2.23. The van der Waals surface area contributed by atoms with Gasteiger partial charge in [-0.2, -0.15) is 0 Å². The second kappa shape index (κ2) is 5.06. The lowest BCUT2D eigenvalue weighted by molar-refractivity contribution is 0.0692. The SMILES string of the molecule is O=C(O)c1ccsc1C(O)c1cccc(Cl)c1F. The Morgan fingerprint density at radius 2 is 2.11 bits per heavy atom. The summed E-state index contributed by atoms with van der Waals surface area (Å²) in [6, 6.07) is 5.60. The minimum Gasteiger partial charge on any atom is -0.478 e. The van der Waals surface area contributed by atoms with Crippen LogP contribution < -0.4 is 0 Å². The Hall–Kier alpha value is -1.43. The summed E-state index contributed by atoms with van der Waals surface area (Å²) in [4.78, 5) is 11.1. The Bertz CT molecular complexity index is 597. The molecule has 0 fully saturated rings. The van der Waals surface area contributed by atoms with Gasteiger partial charge in [-0.1, -0.05) is 23.7 Å². The first-order valence-electron chi connectivity index (χ1n) is 4.95. The first-order valence-corrected chi connectivity index (χ1v) is 6.20. The molecule has 0 aliphatic rings. The summed E-state index contributed by atoms with van der Waals surface area (Å²) in [5.74, 6) is -1.90. The molecule has 3 nitrogen and oxygen atoms in total. The standard InChI is InChI=1S/C12H8ClFO3S/c13-8-3-1-2-6(9(8)14)10(15)11-7(12(16)17)4-5-18-11/h1-5,10,15H,(H,16,17). The smallest absolute Gasteiger partial charge is 0.336 e. The summed E-state index contributed by atoms with van der Waals surface area (Å²) in [7, 11) is 0. The highest BCUT2D eigenvalue weighted by molar-refractivity contribution is 7.10. The molecule has 0 aliphatic heterocycles. The predicted molar refractivity (Wildman–Crippen MR) is 66.8 cm³/mol. The van der Waals surface area contributed by atoms with Crippen molar-refractivity contribution in [3.63, 3.8) is 0 Å². The van der Waals surface area contributed by atoms with E-state index >= 15 is 0 Å². The molecule has 94 valence electrons. The first kappa shape index (κ1) is 13.0. The van der Waals surface area contributed by atoms with E-state index in [9.17, 15) is 14.3 Å². The van der Waals surface area contributed by atoms with Crippen molar-refractivity contribution < 1.29 is 19.4 Å². The zero-order chi connectivity index (χ0) is 13.3. The van der Waals surface area contributed by atoms with E-state index in [4.69, 9.17) is 16.7 Å². The molecule has 1 aromatic heterocycles. The number of benzene rings is 1. The lowest BCUT2D eigenvalue weighted by Gasteiger charge is -2.12. The molecule has 0 spiro atoms. The second-order valence-electron chi connectivity index (χ2n) is 3.55. The number of hydrogen-bond acceptors (Lipinski definition) is 3. The van der Waals surface area contributed by atoms with E-state index in [-0.39, 0.29) is 21.0 Å². The molecule has 0 aliphatic carbocycles. The van der Waals surface area contributed by atoms with Gasteiger partial charge < -0.3 is 10.2 Å². The first-order chi connectivity index (χ1) is 8.52. The van der Waals surface area contributed by atoms with Crippen LogP contribution in [0.1, 0.15) is 26.9 Å². The van der Waals surface area contributed by atoms with E-state index in [2.05, 4.69) is 0 Å². The molecule has 1 aromatic carbocycles. The molecule has 1 unspecified atom stereocenters. The van der Waals surface area contributed by atoms with E-state index in [1.54, 1.807) is 0 Å². The number of aromatic carboxylic acids is 1. The van der Waals surface area contributed by atoms with Crippen molar-refractivity contribution in [1.82, 2.24) is 0 Å². The summed E-state index contributed by atoms with van der Waals surface area (Å²) in [5.41, 5.74) is -0.0701. The lowest BCUT2D eigenvalue weighted by atomic mass is 10.0. The number of hydrogen-bond donors (Lipinski definition) is 2. The Labute approximate surface area is 111 Å². The fourth-order valence-electron chi connectivity index (χ4n) is 1.58. The second-order valence-corrected chi connectivity index (χ2v) is 4.90. The van der Waals surface area contributed by atoms with Crippen LogP contribution in [0.15, 0.2) is 29.6 Å². The molecule has 0 radical (unpaired) electrons. The van der Waals surface area contributed by atoms with Gasteiger partial charge in [0.25, 0.3) is 0 Å². The maximum atomic E-state index is 13.7. The molecular formula is C12H8ClFO3S. The molecule has 0 amide bonds. The van der Waals surface area contributed by atoms with Crippen LogP contribution in [0.4, 0.5) is 4.39 Å². The van der Waals surface area contributed by atoms with Crippen LogP contribution in [0.2, 0.25) is 5.02 Å². The third-order valence-corrected chi connectivity index (χ3v) is 3.71. The van der Waals surface area contributed by atoms with Gasteiger partial charge in [-0.05, 0) is 17.5 Å². The summed E-state index contributed by atoms with van der Waals surface area (Å²) in [6.45, 7) is 0. The quantitative estimate of drug-likeness (QED) is 0.910. The van der Waals surface area contributed by atoms with Crippen molar-refractivity contribution in [3.05, 3.63) is 56.5 Å². The number of halogens is 2. The van der Waals surface area contributed by atoms with E-state index in [1.165, 1.54) is 29.6 Å². The van der Waals surface area contributed by atoms with Crippen molar-refractivity contribution in [1.29, 1.82) is 0 Å². The van der Waals surface area contributed by atoms with Crippen molar-refractivity contribution >= 4 is 28.9 Å². The summed E-state index contributed by atoms with van der Waals surface area (Å²) < 4.78 is 13.7. The monoisotopic (exact) mass is 286 g/mol. The Morgan fingerprint density at radius 3 is 2.78 bits per heavy atom. The van der Waals surface area contributed by atoms with Gasteiger partial charge in [-0.15, -0.1) is 11.3 Å². The maximum Gasteiger partial charge on any atom is 0.336 e. The van der Waals surface area contributed by atoms with Crippen LogP contribution in [-0.4, -0.2) is 16.2 Å². The molecule has 1 atom stereocenters. The van der Waals surface area contributed by atoms with Crippen LogP contribution in [-0.2, 0) is 0 Å². The zero-order valence-corrected chi connectivity index (χ0v) is 10.5. The average Bonchev–Trinajstić information content (AvgIpc) is 2.81. The Morgan fingerprint density at radius 1 is 1.39 bits per heavy atom. The van der Waals surface area contributed by atoms with E-state index < -0.39 is 17.9 Å². The van der Waals surface area contributed by atoms with Gasteiger partial charge in [-0.3, -0.25) is 0 Å². The molecular weight excluding hydrogens is 279 g/mol. The van der Waals surface area contributed by atoms with E-state index in [0.717, 1.165) is 11.3 Å². The van der Waals surface area contributed by atoms with Gasteiger partial charge in [0.1, 0.15) is 11.9 Å². The number of carbonyl (C=O) groups is 1. The lowest BCUT2D eigenvalue weighted by Crippen LogP contribution is -2.06. The highest BCUT2D eigenvalue weighted by atomic mass is 35.5. The Kier molecular flexibility index (Phi) is 3.65. The normalized spacial score (nSPS) is 12.4. The van der Waals surface area contributed by atoms with Gasteiger partial charge in [0.05, 0.1) is 15.5 Å². The van der Waals surface area contributed by atoms with E-state index in [1.807, 2.05) is 0 Å². The van der Waals surface area contributed by atoms with Crippen molar-refractivity contribution in [3.8, 4) is 0 Å². The number of carboxylic acids is 1. The highest BCUT2D eigenvalue weighted by Crippen LogP contribution is 2.32. The van der Waals surface area contributed by atoms with Crippen LogP contribution in [0.25, 0.3) is 0 Å². The van der Waals surface area contributed by atoms with Crippen molar-refractivity contribution in [2.45, 2.75) is 6.10 Å². The third kappa shape index (κ3) is 2.25. The molecule has 2 rings (SSSR count). The van der Waals surface area contributed by atoms with Crippen molar-refractivity contribution in [2.24, 2.45) is 0 Å². The summed E-state index contributed by atoms with van der Waals surface area (Å²) >= 11 is 6.68. The average molecular weight is 287 g/mol. The number of carboxylic acid groups (broad SMARTS) is 1. The van der Waals surface area contributed by atoms with Gasteiger partial charge in [0.15, 0.2) is 0 Å². The molecule has 0 saturated carbocycles. The van der Waals surface area contributed by atoms with Crippen LogP contribution in [0.5, 0.6) is 0 Å². The molecule has 18 heavy (non-hydrogen) atoms. The van der Waals surface area contributed by atoms with Crippen LogP contribution >= 0.6 is 22.9 Å². The minimum atomic E-state index is -1.34. The number of rotatable bonds is 3. The number of aliphatic hydroxyl groups excluding tert-OH is 1. The Balaban J connectivity index is 2.48. The number of aliphatic hydroxyl groups is 1. The third-order valence-electron chi connectivity index (χ3n) is 2.45. The fourth-order valence-corrected chi connectivity index (χ4v) is 2.65.